The Bertz CT molecular complexity index is 308. The summed E-state index contributed by atoms with van der Waals surface area (Å²) in [5.41, 5.74) is 6.07. The number of nitrogens with two attached hydrogens (primary N) is 1. The van der Waals surface area contributed by atoms with Gasteiger partial charge in [-0.3, -0.25) is 9.48 Å². The number of nitrogens with zero attached hydrogens (tertiary/aromatic N) is 2. The first kappa shape index (κ1) is 10.6. The van der Waals surface area contributed by atoms with E-state index in [2.05, 4.69) is 10.4 Å². The van der Waals surface area contributed by atoms with E-state index >= 15 is 0 Å². The molecule has 0 spiro atoms. The minimum Gasteiger partial charge on any atom is -0.396 e. The van der Waals surface area contributed by atoms with Gasteiger partial charge in [0.2, 0.25) is 5.91 Å². The molecule has 0 fully saturated rings. The molecule has 5 nitrogen and oxygen atoms in total. The maximum Gasteiger partial charge on any atom is 0.244 e. The number of amides is 1. The van der Waals surface area contributed by atoms with E-state index in [0.29, 0.717) is 12.2 Å². The van der Waals surface area contributed by atoms with Crippen LogP contribution in [0.3, 0.4) is 0 Å². The van der Waals surface area contributed by atoms with Crippen molar-refractivity contribution in [2.45, 2.75) is 26.3 Å². The Hall–Kier alpha value is -1.52. The van der Waals surface area contributed by atoms with Crippen LogP contribution in [-0.2, 0) is 4.79 Å². The Labute approximate surface area is 83.3 Å². The van der Waals surface area contributed by atoms with Crippen molar-refractivity contribution in [3.05, 3.63) is 12.4 Å². The second-order valence-electron chi connectivity index (χ2n) is 3.22. The molecule has 14 heavy (non-hydrogen) atoms. The minimum absolute atomic E-state index is 0.0325. The molecule has 0 radical (unpaired) electrons. The summed E-state index contributed by atoms with van der Waals surface area (Å²) >= 11 is 0. The monoisotopic (exact) mass is 196 g/mol. The van der Waals surface area contributed by atoms with Gasteiger partial charge in [0.1, 0.15) is 6.04 Å². The molecule has 1 unspecified atom stereocenters. The molecule has 1 amide bonds. The lowest BCUT2D eigenvalue weighted by atomic mass is 10.3. The second-order valence-corrected chi connectivity index (χ2v) is 3.22. The number of aromatic nitrogens is 2. The summed E-state index contributed by atoms with van der Waals surface area (Å²) in [7, 11) is 0. The molecule has 3 N–H and O–H groups in total. The van der Waals surface area contributed by atoms with Crippen molar-refractivity contribution >= 4 is 11.6 Å². The maximum atomic E-state index is 11.5. The molecule has 78 valence electrons. The summed E-state index contributed by atoms with van der Waals surface area (Å²) in [6, 6.07) is -0.307. The van der Waals surface area contributed by atoms with E-state index in [4.69, 9.17) is 5.73 Å². The standard InChI is InChI=1S/C9H16N4O/c1-3-4-11-9(14)7(2)13-6-8(10)5-12-13/h5-7H,3-4,10H2,1-2H3,(H,11,14). The second kappa shape index (κ2) is 4.64. The highest BCUT2D eigenvalue weighted by molar-refractivity contribution is 5.79. The van der Waals surface area contributed by atoms with Crippen LogP contribution in [0.4, 0.5) is 5.69 Å². The number of carbonyl (C=O) groups excluding carboxylic acids is 1. The summed E-state index contributed by atoms with van der Waals surface area (Å²) in [5, 5.41) is 6.77. The average molecular weight is 196 g/mol. The first-order chi connectivity index (χ1) is 6.65. The van der Waals surface area contributed by atoms with Gasteiger partial charge in [0.25, 0.3) is 0 Å². The Morgan fingerprint density at radius 2 is 2.50 bits per heavy atom. The van der Waals surface area contributed by atoms with Gasteiger partial charge in [0.15, 0.2) is 0 Å². The van der Waals surface area contributed by atoms with Crippen LogP contribution in [0.2, 0.25) is 0 Å². The Morgan fingerprint density at radius 1 is 1.79 bits per heavy atom. The van der Waals surface area contributed by atoms with Crippen LogP contribution in [0.5, 0.6) is 0 Å². The summed E-state index contributed by atoms with van der Waals surface area (Å²) < 4.78 is 1.56. The van der Waals surface area contributed by atoms with E-state index in [1.54, 1.807) is 17.8 Å². The predicted molar refractivity (Wildman–Crippen MR) is 54.7 cm³/mol. The van der Waals surface area contributed by atoms with Crippen molar-refractivity contribution in [2.24, 2.45) is 0 Å². The SMILES string of the molecule is CCCNC(=O)C(C)n1cc(N)cn1. The minimum atomic E-state index is -0.307. The molecule has 0 aromatic carbocycles. The summed E-state index contributed by atoms with van der Waals surface area (Å²) in [4.78, 5) is 11.5. The van der Waals surface area contributed by atoms with E-state index < -0.39 is 0 Å². The van der Waals surface area contributed by atoms with Crippen LogP contribution in [0.25, 0.3) is 0 Å². The van der Waals surface area contributed by atoms with E-state index in [0.717, 1.165) is 6.42 Å². The van der Waals surface area contributed by atoms with Crippen LogP contribution in [0.1, 0.15) is 26.3 Å². The lowest BCUT2D eigenvalue weighted by Gasteiger charge is -2.11. The largest absolute Gasteiger partial charge is 0.396 e. The van der Waals surface area contributed by atoms with Gasteiger partial charge in [-0.1, -0.05) is 6.92 Å². The summed E-state index contributed by atoms with van der Waals surface area (Å²) in [5.74, 6) is -0.0325. The van der Waals surface area contributed by atoms with E-state index in [-0.39, 0.29) is 11.9 Å². The number of hydrogen-bond acceptors (Lipinski definition) is 3. The predicted octanol–water partition coefficient (Wildman–Crippen LogP) is 0.552. The van der Waals surface area contributed by atoms with Gasteiger partial charge >= 0.3 is 0 Å². The molecular formula is C9H16N4O. The van der Waals surface area contributed by atoms with Crippen molar-refractivity contribution in [1.29, 1.82) is 0 Å². The normalized spacial score (nSPS) is 12.4. The fourth-order valence-electron chi connectivity index (χ4n) is 1.08. The van der Waals surface area contributed by atoms with Crippen LogP contribution >= 0.6 is 0 Å². The van der Waals surface area contributed by atoms with Gasteiger partial charge in [-0.2, -0.15) is 5.10 Å². The molecule has 0 aliphatic heterocycles. The van der Waals surface area contributed by atoms with Crippen LogP contribution in [-0.4, -0.2) is 22.2 Å². The molecular weight excluding hydrogens is 180 g/mol. The Morgan fingerprint density at radius 3 is 3.00 bits per heavy atom. The third kappa shape index (κ3) is 2.48. The number of nitrogen functional groups attached to an aromatic ring is 1. The first-order valence-electron chi connectivity index (χ1n) is 4.72. The number of carbonyl (C=O) groups is 1. The maximum absolute atomic E-state index is 11.5. The number of rotatable bonds is 4. The molecule has 1 aromatic rings. The smallest absolute Gasteiger partial charge is 0.244 e. The molecule has 1 rings (SSSR count). The van der Waals surface area contributed by atoms with E-state index in [9.17, 15) is 4.79 Å². The van der Waals surface area contributed by atoms with Gasteiger partial charge in [-0.25, -0.2) is 0 Å². The van der Waals surface area contributed by atoms with Crippen molar-refractivity contribution < 1.29 is 4.79 Å². The molecule has 1 atom stereocenters. The summed E-state index contributed by atoms with van der Waals surface area (Å²) in [6.45, 7) is 4.49. The zero-order valence-corrected chi connectivity index (χ0v) is 8.53. The quantitative estimate of drug-likeness (QED) is 0.738. The third-order valence-corrected chi connectivity index (χ3v) is 1.95. The molecule has 0 bridgehead atoms. The highest BCUT2D eigenvalue weighted by atomic mass is 16.2. The van der Waals surface area contributed by atoms with Crippen molar-refractivity contribution in [3.8, 4) is 0 Å². The fourth-order valence-corrected chi connectivity index (χ4v) is 1.08. The average Bonchev–Trinajstić information content (AvgIpc) is 2.60. The number of hydrogen-bond donors (Lipinski definition) is 2. The first-order valence-corrected chi connectivity index (χ1v) is 4.72. The summed E-state index contributed by atoms with van der Waals surface area (Å²) in [6.07, 6.45) is 4.11. The molecule has 0 aliphatic carbocycles. The van der Waals surface area contributed by atoms with Gasteiger partial charge < -0.3 is 11.1 Å². The molecule has 1 aromatic heterocycles. The fraction of sp³-hybridized carbons (Fsp3) is 0.556. The van der Waals surface area contributed by atoms with Crippen molar-refractivity contribution in [1.82, 2.24) is 15.1 Å². The van der Waals surface area contributed by atoms with Crippen LogP contribution in [0, 0.1) is 0 Å². The number of nitrogens with one attached hydrogen (secondary N) is 1. The Kier molecular flexibility index (Phi) is 3.50. The van der Waals surface area contributed by atoms with Crippen LogP contribution in [0.15, 0.2) is 12.4 Å². The van der Waals surface area contributed by atoms with Gasteiger partial charge in [0, 0.05) is 12.7 Å². The van der Waals surface area contributed by atoms with E-state index in [1.807, 2.05) is 6.92 Å². The van der Waals surface area contributed by atoms with Gasteiger partial charge in [-0.15, -0.1) is 0 Å². The topological polar surface area (TPSA) is 72.9 Å². The molecule has 0 saturated carbocycles. The van der Waals surface area contributed by atoms with E-state index in [1.165, 1.54) is 6.20 Å². The molecule has 1 heterocycles. The van der Waals surface area contributed by atoms with Crippen molar-refractivity contribution in [2.75, 3.05) is 12.3 Å². The van der Waals surface area contributed by atoms with Gasteiger partial charge in [0.05, 0.1) is 11.9 Å². The zero-order valence-electron chi connectivity index (χ0n) is 8.53. The van der Waals surface area contributed by atoms with Gasteiger partial charge in [-0.05, 0) is 13.3 Å². The highest BCUT2D eigenvalue weighted by Crippen LogP contribution is 2.07. The lowest BCUT2D eigenvalue weighted by Crippen LogP contribution is -2.31. The zero-order chi connectivity index (χ0) is 10.6. The molecule has 5 heteroatoms. The number of anilines is 1. The lowest BCUT2D eigenvalue weighted by molar-refractivity contribution is -0.124. The Balaban J connectivity index is 2.56. The molecule has 0 aliphatic rings. The van der Waals surface area contributed by atoms with Crippen molar-refractivity contribution in [3.63, 3.8) is 0 Å². The highest BCUT2D eigenvalue weighted by Gasteiger charge is 2.14. The molecule has 0 saturated heterocycles. The van der Waals surface area contributed by atoms with Crippen LogP contribution < -0.4 is 11.1 Å². The third-order valence-electron chi connectivity index (χ3n) is 1.95.